The Morgan fingerprint density at radius 1 is 1.18 bits per heavy atom. The van der Waals surface area contributed by atoms with Crippen molar-refractivity contribution in [2.45, 2.75) is 11.7 Å². The fourth-order valence-electron chi connectivity index (χ4n) is 2.73. The summed E-state index contributed by atoms with van der Waals surface area (Å²) in [5, 5.41) is 18.8. The highest BCUT2D eigenvalue weighted by atomic mass is 32.2. The molecule has 2 aliphatic heterocycles. The number of rotatable bonds is 5. The topological polar surface area (TPSA) is 110 Å². The Labute approximate surface area is 164 Å². The summed E-state index contributed by atoms with van der Waals surface area (Å²) in [6, 6.07) is 13.5. The van der Waals surface area contributed by atoms with Crippen molar-refractivity contribution < 1.29 is 24.2 Å². The van der Waals surface area contributed by atoms with Crippen molar-refractivity contribution in [2.75, 3.05) is 6.79 Å². The normalized spacial score (nSPS) is 19.4. The van der Waals surface area contributed by atoms with E-state index in [4.69, 9.17) is 14.6 Å². The van der Waals surface area contributed by atoms with Crippen LogP contribution in [-0.2, 0) is 9.59 Å². The van der Waals surface area contributed by atoms with Crippen molar-refractivity contribution in [1.82, 2.24) is 5.32 Å². The number of fused-ring (bicyclic) bond motifs is 1. The molecule has 0 aromatic heterocycles. The second kappa shape index (κ2) is 7.73. The molecule has 1 saturated heterocycles. The van der Waals surface area contributed by atoms with Gasteiger partial charge in [0.1, 0.15) is 5.25 Å². The molecule has 142 valence electrons. The van der Waals surface area contributed by atoms with E-state index >= 15 is 0 Å². The van der Waals surface area contributed by atoms with Gasteiger partial charge in [0.25, 0.3) is 0 Å². The van der Waals surface area contributed by atoms with Crippen LogP contribution in [0.2, 0.25) is 0 Å². The lowest BCUT2D eigenvalue weighted by Gasteiger charge is -2.03. The predicted octanol–water partition coefficient (Wildman–Crippen LogP) is 2.48. The van der Waals surface area contributed by atoms with Crippen molar-refractivity contribution in [3.05, 3.63) is 48.0 Å². The Kier molecular flexibility index (Phi) is 4.98. The van der Waals surface area contributed by atoms with Gasteiger partial charge in [-0.3, -0.25) is 9.59 Å². The molecule has 0 bridgehead atoms. The van der Waals surface area contributed by atoms with Crippen LogP contribution in [0.1, 0.15) is 12.0 Å². The number of nitrogens with zero attached hydrogens (tertiary/aromatic N) is 2. The second-order valence-corrected chi connectivity index (χ2v) is 7.22. The van der Waals surface area contributed by atoms with Crippen molar-refractivity contribution in [1.29, 1.82) is 0 Å². The first-order chi connectivity index (χ1) is 13.6. The van der Waals surface area contributed by atoms with Crippen LogP contribution in [0.4, 0.5) is 0 Å². The average molecular weight is 397 g/mol. The maximum Gasteiger partial charge on any atom is 0.305 e. The Morgan fingerprint density at radius 2 is 1.93 bits per heavy atom. The number of nitrogens with one attached hydrogen (secondary N) is 1. The lowest BCUT2D eigenvalue weighted by Crippen LogP contribution is -2.26. The van der Waals surface area contributed by atoms with Crippen LogP contribution in [0.3, 0.4) is 0 Å². The molecule has 28 heavy (non-hydrogen) atoms. The molecule has 1 amide bonds. The number of carbonyl (C=O) groups is 2. The van der Waals surface area contributed by atoms with Crippen LogP contribution >= 0.6 is 11.8 Å². The van der Waals surface area contributed by atoms with E-state index in [1.807, 2.05) is 42.5 Å². The van der Waals surface area contributed by atoms with Gasteiger partial charge in [-0.2, -0.15) is 5.10 Å². The number of thioether (sulfide) groups is 1. The highest BCUT2D eigenvalue weighted by molar-refractivity contribution is 8.15. The molecular weight excluding hydrogens is 382 g/mol. The molecule has 0 spiro atoms. The first-order valence-corrected chi connectivity index (χ1v) is 9.27. The summed E-state index contributed by atoms with van der Waals surface area (Å²) in [4.78, 5) is 22.4. The van der Waals surface area contributed by atoms with Crippen molar-refractivity contribution in [2.24, 2.45) is 10.2 Å². The molecule has 0 saturated carbocycles. The summed E-state index contributed by atoms with van der Waals surface area (Å²) in [7, 11) is 0. The van der Waals surface area contributed by atoms with Crippen LogP contribution in [0, 0.1) is 0 Å². The highest BCUT2D eigenvalue weighted by Crippen LogP contribution is 2.35. The Hall–Kier alpha value is -3.33. The summed E-state index contributed by atoms with van der Waals surface area (Å²) < 4.78 is 10.7. The fraction of sp³-hybridized carbons (Fsp3) is 0.158. The van der Waals surface area contributed by atoms with E-state index in [0.717, 1.165) is 40.0 Å². The van der Waals surface area contributed by atoms with Gasteiger partial charge < -0.3 is 19.9 Å². The number of aliphatic carboxylic acids is 1. The number of carboxylic acids is 1. The molecule has 1 fully saturated rings. The van der Waals surface area contributed by atoms with Gasteiger partial charge in [0.2, 0.25) is 12.7 Å². The summed E-state index contributed by atoms with van der Waals surface area (Å²) >= 11 is 1.06. The van der Waals surface area contributed by atoms with Crippen molar-refractivity contribution in [3.63, 3.8) is 0 Å². The number of hydrogen-bond donors (Lipinski definition) is 2. The van der Waals surface area contributed by atoms with Gasteiger partial charge in [-0.05, 0) is 28.8 Å². The maximum absolute atomic E-state index is 11.7. The van der Waals surface area contributed by atoms with Crippen LogP contribution in [-0.4, -0.2) is 40.4 Å². The van der Waals surface area contributed by atoms with Crippen molar-refractivity contribution >= 4 is 35.0 Å². The molecule has 9 heteroatoms. The molecule has 0 radical (unpaired) electrons. The smallest absolute Gasteiger partial charge is 0.305 e. The number of carboxylic acid groups (broad SMARTS) is 1. The third kappa shape index (κ3) is 3.99. The molecule has 1 atom stereocenters. The largest absolute Gasteiger partial charge is 0.481 e. The maximum atomic E-state index is 11.7. The van der Waals surface area contributed by atoms with Crippen LogP contribution in [0.5, 0.6) is 11.5 Å². The Bertz CT molecular complexity index is 988. The summed E-state index contributed by atoms with van der Waals surface area (Å²) in [6.07, 6.45) is 1.31. The lowest BCUT2D eigenvalue weighted by atomic mass is 10.0. The zero-order valence-corrected chi connectivity index (χ0v) is 15.3. The Balaban J connectivity index is 1.41. The molecule has 1 unspecified atom stereocenters. The van der Waals surface area contributed by atoms with E-state index in [1.54, 1.807) is 6.21 Å². The minimum Gasteiger partial charge on any atom is -0.481 e. The summed E-state index contributed by atoms with van der Waals surface area (Å²) in [6.45, 7) is 0.243. The van der Waals surface area contributed by atoms with Crippen LogP contribution < -0.4 is 14.8 Å². The van der Waals surface area contributed by atoms with E-state index in [0.29, 0.717) is 5.17 Å². The van der Waals surface area contributed by atoms with Gasteiger partial charge in [0.15, 0.2) is 16.7 Å². The molecule has 8 nitrogen and oxygen atoms in total. The SMILES string of the molecule is O=C(O)CC1SC(=NN=Cc2ccc(-c3ccc4c(c3)OCO4)cc2)NC1=O. The molecule has 2 heterocycles. The number of benzene rings is 2. The molecule has 2 aromatic rings. The first kappa shape index (κ1) is 18.1. The standard InChI is InChI=1S/C19H15N3O5S/c23-17(24)8-16-18(25)21-19(28-16)22-20-9-11-1-3-12(4-2-11)13-5-6-14-15(7-13)27-10-26-14/h1-7,9,16H,8,10H2,(H,23,24)(H,21,22,25). The van der Waals surface area contributed by atoms with E-state index in [9.17, 15) is 9.59 Å². The number of amidine groups is 1. The second-order valence-electron chi connectivity index (χ2n) is 6.03. The molecule has 4 rings (SSSR count). The molecular formula is C19H15N3O5S. The van der Waals surface area contributed by atoms with Gasteiger partial charge in [-0.15, -0.1) is 5.10 Å². The fourth-order valence-corrected chi connectivity index (χ4v) is 3.65. The number of amides is 1. The van der Waals surface area contributed by atoms with Crippen LogP contribution in [0.15, 0.2) is 52.7 Å². The molecule has 0 aliphatic carbocycles. The number of hydrogen-bond acceptors (Lipinski definition) is 7. The van der Waals surface area contributed by atoms with E-state index < -0.39 is 11.2 Å². The minimum absolute atomic E-state index is 0.243. The number of ether oxygens (including phenoxy) is 2. The molecule has 2 aromatic carbocycles. The molecule has 2 N–H and O–H groups in total. The van der Waals surface area contributed by atoms with Crippen LogP contribution in [0.25, 0.3) is 11.1 Å². The highest BCUT2D eigenvalue weighted by Gasteiger charge is 2.32. The third-order valence-corrected chi connectivity index (χ3v) is 5.18. The van der Waals surface area contributed by atoms with Gasteiger partial charge in [-0.25, -0.2) is 0 Å². The zero-order chi connectivity index (χ0) is 19.5. The Morgan fingerprint density at radius 3 is 2.71 bits per heavy atom. The molecule has 2 aliphatic rings. The van der Waals surface area contributed by atoms with Gasteiger partial charge in [0, 0.05) is 0 Å². The van der Waals surface area contributed by atoms with E-state index in [1.165, 1.54) is 0 Å². The number of carbonyl (C=O) groups excluding carboxylic acids is 1. The van der Waals surface area contributed by atoms with E-state index in [2.05, 4.69) is 15.5 Å². The lowest BCUT2D eigenvalue weighted by molar-refractivity contribution is -0.138. The monoisotopic (exact) mass is 397 g/mol. The van der Waals surface area contributed by atoms with Gasteiger partial charge >= 0.3 is 5.97 Å². The summed E-state index contributed by atoms with van der Waals surface area (Å²) in [5.41, 5.74) is 2.88. The van der Waals surface area contributed by atoms with E-state index in [-0.39, 0.29) is 19.1 Å². The van der Waals surface area contributed by atoms with Gasteiger partial charge in [-0.1, -0.05) is 42.1 Å². The zero-order valence-electron chi connectivity index (χ0n) is 14.5. The van der Waals surface area contributed by atoms with Gasteiger partial charge in [0.05, 0.1) is 12.6 Å². The minimum atomic E-state index is -1.03. The first-order valence-electron chi connectivity index (χ1n) is 8.39. The summed E-state index contributed by atoms with van der Waals surface area (Å²) in [5.74, 6) is 0.0831. The van der Waals surface area contributed by atoms with Crippen molar-refractivity contribution in [3.8, 4) is 22.6 Å². The predicted molar refractivity (Wildman–Crippen MR) is 105 cm³/mol. The average Bonchev–Trinajstić information content (AvgIpc) is 3.28. The quantitative estimate of drug-likeness (QED) is 0.593. The third-order valence-electron chi connectivity index (χ3n) is 4.11.